The van der Waals surface area contributed by atoms with Gasteiger partial charge in [-0.25, -0.2) is 8.78 Å². The molecule has 1 aromatic carbocycles. The lowest BCUT2D eigenvalue weighted by molar-refractivity contribution is -0.121. The van der Waals surface area contributed by atoms with E-state index >= 15 is 0 Å². The second-order valence-corrected chi connectivity index (χ2v) is 4.84. The van der Waals surface area contributed by atoms with E-state index in [1.54, 1.807) is 0 Å². The third-order valence-electron chi connectivity index (χ3n) is 3.37. The zero-order chi connectivity index (χ0) is 13.7. The number of hydrogen-bond acceptors (Lipinski definition) is 2. The van der Waals surface area contributed by atoms with Gasteiger partial charge in [-0.1, -0.05) is 0 Å². The molecule has 0 aromatic heterocycles. The second kappa shape index (κ2) is 6.61. The number of hydrogen-bond donors (Lipinski definition) is 2. The molecule has 1 amide bonds. The normalized spacial score (nSPS) is 18.5. The molecule has 1 aliphatic heterocycles. The third-order valence-corrected chi connectivity index (χ3v) is 3.37. The first-order valence-electron chi connectivity index (χ1n) is 6.59. The minimum absolute atomic E-state index is 0.0283. The molecule has 0 spiro atoms. The van der Waals surface area contributed by atoms with Gasteiger partial charge in [-0.15, -0.1) is 0 Å². The average molecular weight is 268 g/mol. The van der Waals surface area contributed by atoms with Crippen LogP contribution in [0.2, 0.25) is 0 Å². The maximum Gasteiger partial charge on any atom is 0.220 e. The minimum Gasteiger partial charge on any atom is -0.352 e. The lowest BCUT2D eigenvalue weighted by Crippen LogP contribution is -2.27. The summed E-state index contributed by atoms with van der Waals surface area (Å²) in [6.45, 7) is 1.04. The van der Waals surface area contributed by atoms with Crippen molar-refractivity contribution in [3.63, 3.8) is 0 Å². The highest BCUT2D eigenvalue weighted by Gasteiger charge is 2.15. The fourth-order valence-corrected chi connectivity index (χ4v) is 2.27. The maximum atomic E-state index is 13.3. The topological polar surface area (TPSA) is 41.1 Å². The third kappa shape index (κ3) is 4.28. The lowest BCUT2D eigenvalue weighted by Gasteiger charge is -2.10. The highest BCUT2D eigenvalue weighted by molar-refractivity contribution is 5.75. The summed E-state index contributed by atoms with van der Waals surface area (Å²) in [6.07, 6.45) is 3.46. The molecule has 104 valence electrons. The van der Waals surface area contributed by atoms with Gasteiger partial charge in [-0.05, 0) is 44.0 Å². The van der Waals surface area contributed by atoms with Gasteiger partial charge in [0.15, 0.2) is 0 Å². The van der Waals surface area contributed by atoms with Gasteiger partial charge in [-0.3, -0.25) is 4.79 Å². The Bertz CT molecular complexity index is 445. The Morgan fingerprint density at radius 2 is 2.26 bits per heavy atom. The van der Waals surface area contributed by atoms with Crippen LogP contribution >= 0.6 is 0 Å². The maximum absolute atomic E-state index is 13.3. The number of nitrogens with one attached hydrogen (secondary N) is 2. The van der Waals surface area contributed by atoms with E-state index in [2.05, 4.69) is 10.6 Å². The zero-order valence-electron chi connectivity index (χ0n) is 10.7. The van der Waals surface area contributed by atoms with Crippen LogP contribution in [0, 0.1) is 11.6 Å². The van der Waals surface area contributed by atoms with Crippen LogP contribution in [0.5, 0.6) is 0 Å². The fourth-order valence-electron chi connectivity index (χ4n) is 2.27. The molecule has 1 aliphatic rings. The van der Waals surface area contributed by atoms with Crippen LogP contribution in [-0.4, -0.2) is 18.5 Å². The summed E-state index contributed by atoms with van der Waals surface area (Å²) >= 11 is 0. The first-order chi connectivity index (χ1) is 9.15. The molecule has 1 aromatic rings. The molecule has 0 bridgehead atoms. The van der Waals surface area contributed by atoms with E-state index in [0.29, 0.717) is 12.5 Å². The quantitative estimate of drug-likeness (QED) is 0.858. The minimum atomic E-state index is -0.501. The summed E-state index contributed by atoms with van der Waals surface area (Å²) in [4.78, 5) is 11.6. The molecule has 0 radical (unpaired) electrons. The van der Waals surface area contributed by atoms with E-state index in [0.717, 1.165) is 44.0 Å². The molecule has 1 heterocycles. The lowest BCUT2D eigenvalue weighted by atomic mass is 10.1. The number of carbonyl (C=O) groups is 1. The van der Waals surface area contributed by atoms with E-state index in [-0.39, 0.29) is 18.0 Å². The van der Waals surface area contributed by atoms with Crippen molar-refractivity contribution in [1.82, 2.24) is 10.6 Å². The Kier molecular flexibility index (Phi) is 4.85. The summed E-state index contributed by atoms with van der Waals surface area (Å²) in [6, 6.07) is 3.65. The van der Waals surface area contributed by atoms with Crippen LogP contribution in [0.3, 0.4) is 0 Å². The first-order valence-corrected chi connectivity index (χ1v) is 6.59. The number of benzene rings is 1. The Morgan fingerprint density at radius 1 is 1.42 bits per heavy atom. The predicted molar refractivity (Wildman–Crippen MR) is 68.5 cm³/mol. The summed E-state index contributed by atoms with van der Waals surface area (Å²) < 4.78 is 26.3. The van der Waals surface area contributed by atoms with Crippen molar-refractivity contribution in [2.24, 2.45) is 0 Å². The summed E-state index contributed by atoms with van der Waals surface area (Å²) in [5.74, 6) is -1.13. The van der Waals surface area contributed by atoms with E-state index in [1.165, 1.54) is 0 Å². The number of halogens is 2. The molecule has 3 nitrogen and oxygen atoms in total. The van der Waals surface area contributed by atoms with Gasteiger partial charge in [0.25, 0.3) is 0 Å². The smallest absolute Gasteiger partial charge is 0.220 e. The van der Waals surface area contributed by atoms with Crippen molar-refractivity contribution >= 4 is 5.91 Å². The fraction of sp³-hybridized carbons (Fsp3) is 0.500. The van der Waals surface area contributed by atoms with E-state index in [4.69, 9.17) is 0 Å². The van der Waals surface area contributed by atoms with Gasteiger partial charge in [-0.2, -0.15) is 0 Å². The van der Waals surface area contributed by atoms with Gasteiger partial charge in [0.1, 0.15) is 11.6 Å². The Labute approximate surface area is 111 Å². The molecule has 19 heavy (non-hydrogen) atoms. The van der Waals surface area contributed by atoms with Crippen LogP contribution < -0.4 is 10.6 Å². The summed E-state index contributed by atoms with van der Waals surface area (Å²) in [5.41, 5.74) is 0.173. The molecule has 0 aliphatic carbocycles. The largest absolute Gasteiger partial charge is 0.352 e. The Hall–Kier alpha value is -1.49. The van der Waals surface area contributed by atoms with Crippen molar-refractivity contribution in [1.29, 1.82) is 0 Å². The average Bonchev–Trinajstić information content (AvgIpc) is 2.90. The van der Waals surface area contributed by atoms with Crippen LogP contribution in [0.4, 0.5) is 8.78 Å². The summed E-state index contributed by atoms with van der Waals surface area (Å²) in [7, 11) is 0. The van der Waals surface area contributed by atoms with Gasteiger partial charge in [0.2, 0.25) is 5.91 Å². The molecule has 1 unspecified atom stereocenters. The van der Waals surface area contributed by atoms with Crippen LogP contribution in [-0.2, 0) is 11.3 Å². The van der Waals surface area contributed by atoms with Crippen molar-refractivity contribution in [3.05, 3.63) is 35.4 Å². The molecule has 2 N–H and O–H groups in total. The van der Waals surface area contributed by atoms with Gasteiger partial charge >= 0.3 is 0 Å². The number of amides is 1. The second-order valence-electron chi connectivity index (χ2n) is 4.84. The SMILES string of the molecule is O=C(CCC1CCCN1)NCc1cc(F)ccc1F. The van der Waals surface area contributed by atoms with Crippen molar-refractivity contribution < 1.29 is 13.6 Å². The number of rotatable bonds is 5. The molecule has 5 heteroatoms. The van der Waals surface area contributed by atoms with Crippen molar-refractivity contribution in [3.8, 4) is 0 Å². The standard InChI is InChI=1S/C14H18F2N2O/c15-11-3-5-13(16)10(8-11)9-18-14(19)6-4-12-2-1-7-17-12/h3,5,8,12,17H,1-2,4,6-7,9H2,(H,18,19). The summed E-state index contributed by atoms with van der Waals surface area (Å²) in [5, 5.41) is 5.93. The van der Waals surface area contributed by atoms with Crippen molar-refractivity contribution in [2.45, 2.75) is 38.3 Å². The molecular weight excluding hydrogens is 250 g/mol. The van der Waals surface area contributed by atoms with Crippen LogP contribution in [0.15, 0.2) is 18.2 Å². The molecule has 1 fully saturated rings. The predicted octanol–water partition coefficient (Wildman–Crippen LogP) is 2.11. The Balaban J connectivity index is 1.74. The molecular formula is C14H18F2N2O. The monoisotopic (exact) mass is 268 g/mol. The molecule has 2 rings (SSSR count). The van der Waals surface area contributed by atoms with E-state index < -0.39 is 11.6 Å². The Morgan fingerprint density at radius 3 is 3.00 bits per heavy atom. The highest BCUT2D eigenvalue weighted by Crippen LogP contribution is 2.11. The first kappa shape index (κ1) is 13.9. The van der Waals surface area contributed by atoms with Crippen molar-refractivity contribution in [2.75, 3.05) is 6.54 Å². The number of carbonyl (C=O) groups excluding carboxylic acids is 1. The highest BCUT2D eigenvalue weighted by atomic mass is 19.1. The van der Waals surface area contributed by atoms with E-state index in [9.17, 15) is 13.6 Å². The molecule has 0 saturated carbocycles. The van der Waals surface area contributed by atoms with Crippen LogP contribution in [0.25, 0.3) is 0 Å². The van der Waals surface area contributed by atoms with E-state index in [1.807, 2.05) is 0 Å². The molecule has 1 saturated heterocycles. The van der Waals surface area contributed by atoms with Crippen LogP contribution in [0.1, 0.15) is 31.2 Å². The van der Waals surface area contributed by atoms with Gasteiger partial charge in [0, 0.05) is 24.6 Å². The van der Waals surface area contributed by atoms with Gasteiger partial charge in [0.05, 0.1) is 0 Å². The zero-order valence-corrected chi connectivity index (χ0v) is 10.7. The van der Waals surface area contributed by atoms with Gasteiger partial charge < -0.3 is 10.6 Å². The molecule has 1 atom stereocenters.